The largest absolute Gasteiger partial charge is 0.508 e. The maximum absolute atomic E-state index is 11.9. The number of benzene rings is 2. The third kappa shape index (κ3) is 4.49. The zero-order chi connectivity index (χ0) is 17.7. The van der Waals surface area contributed by atoms with Gasteiger partial charge in [-0.25, -0.2) is 5.43 Å². The topological polar surface area (TPSA) is 94.0 Å². The van der Waals surface area contributed by atoms with Crippen LogP contribution in [0.3, 0.4) is 0 Å². The number of nitrogens with one attached hydrogen (secondary N) is 2. The van der Waals surface area contributed by atoms with Crippen molar-refractivity contribution in [1.82, 2.24) is 5.43 Å². The third-order valence-corrected chi connectivity index (χ3v) is 3.54. The van der Waals surface area contributed by atoms with Gasteiger partial charge in [0.25, 0.3) is 5.91 Å². The summed E-state index contributed by atoms with van der Waals surface area (Å²) in [4.78, 5) is 11.9. The molecule has 0 saturated carbocycles. The molecule has 4 N–H and O–H groups in total. The van der Waals surface area contributed by atoms with Crippen LogP contribution in [0, 0.1) is 13.8 Å². The summed E-state index contributed by atoms with van der Waals surface area (Å²) in [5.41, 5.74) is 6.44. The Morgan fingerprint density at radius 2 is 1.88 bits per heavy atom. The molecule has 0 fully saturated rings. The van der Waals surface area contributed by atoms with Crippen LogP contribution in [-0.2, 0) is 4.79 Å². The summed E-state index contributed by atoms with van der Waals surface area (Å²) in [6, 6.07) is 10.1. The number of nitrogens with zero attached hydrogens (tertiary/aromatic N) is 1. The van der Waals surface area contributed by atoms with Gasteiger partial charge >= 0.3 is 0 Å². The lowest BCUT2D eigenvalue weighted by Gasteiger charge is -2.10. The summed E-state index contributed by atoms with van der Waals surface area (Å²) in [6.07, 6.45) is 0. The molecule has 0 saturated heterocycles. The van der Waals surface area contributed by atoms with E-state index in [9.17, 15) is 15.0 Å². The smallest absolute Gasteiger partial charge is 0.259 e. The Morgan fingerprint density at radius 3 is 2.54 bits per heavy atom. The fourth-order valence-electron chi connectivity index (χ4n) is 2.26. The van der Waals surface area contributed by atoms with Crippen LogP contribution in [-0.4, -0.2) is 28.4 Å². The Balaban J connectivity index is 1.94. The van der Waals surface area contributed by atoms with Gasteiger partial charge in [-0.1, -0.05) is 17.7 Å². The first kappa shape index (κ1) is 17.3. The summed E-state index contributed by atoms with van der Waals surface area (Å²) >= 11 is 0. The van der Waals surface area contributed by atoms with Gasteiger partial charge in [0.1, 0.15) is 11.5 Å². The van der Waals surface area contributed by atoms with Gasteiger partial charge in [-0.2, -0.15) is 5.10 Å². The van der Waals surface area contributed by atoms with Crippen molar-refractivity contribution in [3.63, 3.8) is 0 Å². The zero-order valence-electron chi connectivity index (χ0n) is 13.9. The Kier molecular flexibility index (Phi) is 5.42. The summed E-state index contributed by atoms with van der Waals surface area (Å²) in [5.74, 6) is -0.433. The second kappa shape index (κ2) is 7.50. The minimum Gasteiger partial charge on any atom is -0.508 e. The molecule has 0 aliphatic heterocycles. The van der Waals surface area contributed by atoms with Crippen molar-refractivity contribution in [3.8, 4) is 11.5 Å². The minimum absolute atomic E-state index is 0.0363. The van der Waals surface area contributed by atoms with Gasteiger partial charge in [0, 0.05) is 17.3 Å². The molecule has 6 heteroatoms. The predicted octanol–water partition coefficient (Wildman–Crippen LogP) is 2.67. The highest BCUT2D eigenvalue weighted by atomic mass is 16.3. The zero-order valence-corrected chi connectivity index (χ0v) is 13.9. The van der Waals surface area contributed by atoms with E-state index in [1.54, 1.807) is 6.92 Å². The number of aryl methyl sites for hydroxylation is 2. The van der Waals surface area contributed by atoms with Crippen LogP contribution in [0.4, 0.5) is 5.69 Å². The van der Waals surface area contributed by atoms with Gasteiger partial charge < -0.3 is 15.5 Å². The standard InChI is InChI=1S/C18H21N3O3/c1-11-4-7-16(12(2)8-11)19-10-18(24)21-20-13(3)15-6-5-14(22)9-17(15)23/h4-9,19,22-23H,10H2,1-3H3,(H,21,24)/b20-13+. The summed E-state index contributed by atoms with van der Waals surface area (Å²) < 4.78 is 0. The number of hydrogen-bond acceptors (Lipinski definition) is 5. The molecule has 6 nitrogen and oxygen atoms in total. The monoisotopic (exact) mass is 327 g/mol. The summed E-state index contributed by atoms with van der Waals surface area (Å²) in [7, 11) is 0. The van der Waals surface area contributed by atoms with Crippen LogP contribution >= 0.6 is 0 Å². The average Bonchev–Trinajstić information content (AvgIpc) is 2.51. The first-order valence-corrected chi connectivity index (χ1v) is 7.53. The first-order chi connectivity index (χ1) is 11.4. The van der Waals surface area contributed by atoms with Gasteiger partial charge in [0.05, 0.1) is 12.3 Å². The molecule has 2 rings (SSSR count). The van der Waals surface area contributed by atoms with Crippen molar-refractivity contribution in [2.75, 3.05) is 11.9 Å². The number of phenolic OH excluding ortho intramolecular Hbond substituents is 2. The predicted molar refractivity (Wildman–Crippen MR) is 94.5 cm³/mol. The molecule has 0 radical (unpaired) electrons. The van der Waals surface area contributed by atoms with Gasteiger partial charge in [-0.15, -0.1) is 0 Å². The Hall–Kier alpha value is -3.02. The van der Waals surface area contributed by atoms with Crippen LogP contribution in [0.5, 0.6) is 11.5 Å². The molecule has 0 bridgehead atoms. The fraction of sp³-hybridized carbons (Fsp3) is 0.222. The van der Waals surface area contributed by atoms with Crippen LogP contribution in [0.2, 0.25) is 0 Å². The van der Waals surface area contributed by atoms with Crippen molar-refractivity contribution in [1.29, 1.82) is 0 Å². The molecule has 2 aromatic rings. The van der Waals surface area contributed by atoms with E-state index < -0.39 is 0 Å². The average molecular weight is 327 g/mol. The Morgan fingerprint density at radius 1 is 1.12 bits per heavy atom. The minimum atomic E-state index is -0.299. The van der Waals surface area contributed by atoms with Crippen LogP contribution in [0.25, 0.3) is 0 Å². The number of phenols is 2. The van der Waals surface area contributed by atoms with Gasteiger partial charge in [0.15, 0.2) is 0 Å². The molecule has 126 valence electrons. The molecule has 2 aromatic carbocycles. The van der Waals surface area contributed by atoms with E-state index in [2.05, 4.69) is 15.8 Å². The van der Waals surface area contributed by atoms with E-state index >= 15 is 0 Å². The van der Waals surface area contributed by atoms with Gasteiger partial charge in [-0.05, 0) is 44.5 Å². The Labute approximate surface area is 140 Å². The number of carbonyl (C=O) groups is 1. The molecule has 0 atom stereocenters. The highest BCUT2D eigenvalue weighted by Gasteiger charge is 2.07. The van der Waals surface area contributed by atoms with E-state index in [1.165, 1.54) is 18.2 Å². The molecular weight excluding hydrogens is 306 g/mol. The van der Waals surface area contributed by atoms with E-state index in [0.717, 1.165) is 16.8 Å². The lowest BCUT2D eigenvalue weighted by atomic mass is 10.1. The van der Waals surface area contributed by atoms with Gasteiger partial charge in [0.2, 0.25) is 0 Å². The molecule has 0 unspecified atom stereocenters. The summed E-state index contributed by atoms with van der Waals surface area (Å²) in [6.45, 7) is 5.73. The number of anilines is 1. The van der Waals surface area contributed by atoms with E-state index in [1.807, 2.05) is 32.0 Å². The van der Waals surface area contributed by atoms with Crippen molar-refractivity contribution in [2.24, 2.45) is 5.10 Å². The lowest BCUT2D eigenvalue weighted by molar-refractivity contribution is -0.119. The maximum Gasteiger partial charge on any atom is 0.259 e. The van der Waals surface area contributed by atoms with E-state index in [0.29, 0.717) is 11.3 Å². The normalized spacial score (nSPS) is 11.2. The SMILES string of the molecule is C/C(=N\NC(=O)CNc1ccc(C)cc1C)c1ccc(O)cc1O. The molecule has 0 aliphatic carbocycles. The molecule has 0 aliphatic rings. The Bertz CT molecular complexity index is 785. The highest BCUT2D eigenvalue weighted by molar-refractivity contribution is 6.01. The fourth-order valence-corrected chi connectivity index (χ4v) is 2.26. The van der Waals surface area contributed by atoms with Crippen molar-refractivity contribution in [2.45, 2.75) is 20.8 Å². The number of rotatable bonds is 5. The number of hydrazone groups is 1. The second-order valence-electron chi connectivity index (χ2n) is 5.61. The third-order valence-electron chi connectivity index (χ3n) is 3.54. The number of carbonyl (C=O) groups excluding carboxylic acids is 1. The van der Waals surface area contributed by atoms with Crippen molar-refractivity contribution < 1.29 is 15.0 Å². The van der Waals surface area contributed by atoms with Crippen LogP contribution < -0.4 is 10.7 Å². The summed E-state index contributed by atoms with van der Waals surface area (Å²) in [5, 5.41) is 26.1. The van der Waals surface area contributed by atoms with Crippen molar-refractivity contribution in [3.05, 3.63) is 53.1 Å². The van der Waals surface area contributed by atoms with E-state index in [4.69, 9.17) is 0 Å². The van der Waals surface area contributed by atoms with Crippen molar-refractivity contribution >= 4 is 17.3 Å². The van der Waals surface area contributed by atoms with Gasteiger partial charge in [-0.3, -0.25) is 4.79 Å². The molecule has 0 aromatic heterocycles. The highest BCUT2D eigenvalue weighted by Crippen LogP contribution is 2.23. The molecule has 24 heavy (non-hydrogen) atoms. The lowest BCUT2D eigenvalue weighted by Crippen LogP contribution is -2.27. The molecule has 0 spiro atoms. The quantitative estimate of drug-likeness (QED) is 0.502. The number of hydrogen-bond donors (Lipinski definition) is 4. The number of aromatic hydroxyl groups is 2. The van der Waals surface area contributed by atoms with Crippen LogP contribution in [0.15, 0.2) is 41.5 Å². The maximum atomic E-state index is 11.9. The second-order valence-corrected chi connectivity index (χ2v) is 5.61. The van der Waals surface area contributed by atoms with Crippen LogP contribution in [0.1, 0.15) is 23.6 Å². The first-order valence-electron chi connectivity index (χ1n) is 7.53. The van der Waals surface area contributed by atoms with E-state index in [-0.39, 0.29) is 24.0 Å². The number of amides is 1. The molecular formula is C18H21N3O3. The molecule has 0 heterocycles. The molecule has 1 amide bonds.